The second-order valence-electron chi connectivity index (χ2n) is 9.24. The Labute approximate surface area is 252 Å². The molecule has 8 nitrogen and oxygen atoms in total. The molecule has 42 heavy (non-hydrogen) atoms. The van der Waals surface area contributed by atoms with Gasteiger partial charge >= 0.3 is 0 Å². The molecule has 2 rings (SSSR count). The molecule has 0 spiro atoms. The summed E-state index contributed by atoms with van der Waals surface area (Å²) in [7, 11) is 1.69. The minimum atomic E-state index is -2.71. The topological polar surface area (TPSA) is 117 Å². The molecule has 1 aromatic rings. The highest BCUT2D eigenvalue weighted by atomic mass is 19.3. The van der Waals surface area contributed by atoms with E-state index in [4.69, 9.17) is 16.8 Å². The minimum absolute atomic E-state index is 0.0937. The van der Waals surface area contributed by atoms with Gasteiger partial charge < -0.3 is 20.2 Å². The fraction of sp³-hybridized carbons (Fsp3) is 0.531. The van der Waals surface area contributed by atoms with Gasteiger partial charge in [0, 0.05) is 57.1 Å². The maximum absolute atomic E-state index is 13.9. The zero-order valence-corrected chi connectivity index (χ0v) is 27.0. The number of rotatable bonds is 10. The standard InChI is InChI=1S/C25H38F2N6O.C3H3N.2C2H6/c1-6-14-32-16-13-30-20(24(32)34)9-11-22(31(5)29)23(28)19(4)8-10-21(18(2)3)33-15-7-12-25(26,27)17-33;1-2-3-4;2*1-2/h8,10,13,16H,2,6-7,9,11-12,14-15,17,28-29H2,1,3-5H3;2H,1H2;2*1-2H3/b19-8+,21-10+,23-22-;;;. The van der Waals surface area contributed by atoms with E-state index >= 15 is 0 Å². The number of hydrogen-bond donors (Lipinski definition) is 2. The van der Waals surface area contributed by atoms with Gasteiger partial charge in [-0.2, -0.15) is 5.26 Å². The Morgan fingerprint density at radius 2 is 1.86 bits per heavy atom. The third-order valence-corrected chi connectivity index (χ3v) is 5.96. The molecule has 1 aromatic heterocycles. The molecule has 2 heterocycles. The number of aryl methyl sites for hydroxylation is 2. The molecule has 0 bridgehead atoms. The summed E-state index contributed by atoms with van der Waals surface area (Å²) < 4.78 is 29.5. The number of hydrazine groups is 1. The van der Waals surface area contributed by atoms with Crippen molar-refractivity contribution < 1.29 is 8.78 Å². The zero-order valence-electron chi connectivity index (χ0n) is 27.0. The Morgan fingerprint density at radius 3 is 2.33 bits per heavy atom. The van der Waals surface area contributed by atoms with Crippen molar-refractivity contribution in [1.82, 2.24) is 19.5 Å². The minimum Gasteiger partial charge on any atom is -0.397 e. The molecule has 4 N–H and O–H groups in total. The predicted molar refractivity (Wildman–Crippen MR) is 171 cm³/mol. The number of likely N-dealkylation sites (tertiary alicyclic amines) is 1. The lowest BCUT2D eigenvalue weighted by molar-refractivity contribution is -0.0543. The van der Waals surface area contributed by atoms with Crippen molar-refractivity contribution in [3.8, 4) is 6.07 Å². The van der Waals surface area contributed by atoms with Crippen LogP contribution in [-0.2, 0) is 13.0 Å². The summed E-state index contributed by atoms with van der Waals surface area (Å²) in [6, 6.07) is 1.69. The molecule has 10 heteroatoms. The van der Waals surface area contributed by atoms with Crippen LogP contribution in [0.2, 0.25) is 0 Å². The van der Waals surface area contributed by atoms with Crippen LogP contribution in [0, 0.1) is 11.3 Å². The number of piperidine rings is 1. The molecule has 1 aliphatic rings. The van der Waals surface area contributed by atoms with Crippen LogP contribution in [-0.4, -0.2) is 45.5 Å². The van der Waals surface area contributed by atoms with Gasteiger partial charge in [-0.05, 0) is 50.3 Å². The Morgan fingerprint density at radius 1 is 1.26 bits per heavy atom. The van der Waals surface area contributed by atoms with Gasteiger partial charge in [0.25, 0.3) is 11.5 Å². The Kier molecular flexibility index (Phi) is 21.1. The third-order valence-electron chi connectivity index (χ3n) is 5.96. The van der Waals surface area contributed by atoms with E-state index in [0.29, 0.717) is 60.7 Å². The number of halogens is 2. The highest BCUT2D eigenvalue weighted by Crippen LogP contribution is 2.30. The summed E-state index contributed by atoms with van der Waals surface area (Å²) in [5, 5.41) is 8.95. The van der Waals surface area contributed by atoms with Crippen LogP contribution < -0.4 is 17.1 Å². The van der Waals surface area contributed by atoms with E-state index in [1.165, 1.54) is 11.1 Å². The number of aromatic nitrogens is 2. The summed E-state index contributed by atoms with van der Waals surface area (Å²) in [6.07, 6.45) is 10.1. The van der Waals surface area contributed by atoms with E-state index in [9.17, 15) is 13.6 Å². The Hall–Kier alpha value is -3.71. The highest BCUT2D eigenvalue weighted by molar-refractivity contribution is 5.37. The van der Waals surface area contributed by atoms with Crippen molar-refractivity contribution >= 4 is 0 Å². The van der Waals surface area contributed by atoms with Crippen LogP contribution in [0.1, 0.15) is 79.8 Å². The average molecular weight is 590 g/mol. The third kappa shape index (κ3) is 14.3. The van der Waals surface area contributed by atoms with E-state index < -0.39 is 5.92 Å². The van der Waals surface area contributed by atoms with Gasteiger partial charge in [-0.25, -0.2) is 14.6 Å². The molecule has 0 atom stereocenters. The molecular formula is C32H53F2N7O. The summed E-state index contributed by atoms with van der Waals surface area (Å²) in [5.41, 5.74) is 10.0. The van der Waals surface area contributed by atoms with Crippen LogP contribution >= 0.6 is 0 Å². The fourth-order valence-electron chi connectivity index (χ4n) is 4.03. The number of alkyl halides is 2. The van der Waals surface area contributed by atoms with Gasteiger partial charge in [0.05, 0.1) is 24.0 Å². The van der Waals surface area contributed by atoms with Gasteiger partial charge in [-0.1, -0.05) is 53.9 Å². The molecular weight excluding hydrogens is 536 g/mol. The van der Waals surface area contributed by atoms with Crippen LogP contribution in [0.5, 0.6) is 0 Å². The maximum Gasteiger partial charge on any atom is 0.272 e. The number of allylic oxidation sites excluding steroid dienone is 6. The molecule has 236 valence electrons. The lowest BCUT2D eigenvalue weighted by Crippen LogP contribution is -2.42. The summed E-state index contributed by atoms with van der Waals surface area (Å²) in [4.78, 5) is 18.5. The van der Waals surface area contributed by atoms with Crippen LogP contribution in [0.4, 0.5) is 8.78 Å². The van der Waals surface area contributed by atoms with Gasteiger partial charge in [-0.3, -0.25) is 9.78 Å². The average Bonchev–Trinajstić information content (AvgIpc) is 2.96. The number of nitrogens with two attached hydrogens (primary N) is 2. The van der Waals surface area contributed by atoms with Crippen molar-refractivity contribution in [3.05, 3.63) is 88.1 Å². The zero-order chi connectivity index (χ0) is 32.9. The van der Waals surface area contributed by atoms with Crippen LogP contribution in [0.25, 0.3) is 0 Å². The molecule has 1 saturated heterocycles. The van der Waals surface area contributed by atoms with Gasteiger partial charge in [0.2, 0.25) is 0 Å². The predicted octanol–water partition coefficient (Wildman–Crippen LogP) is 6.45. The lowest BCUT2D eigenvalue weighted by atomic mass is 10.0. The number of nitriles is 1. The van der Waals surface area contributed by atoms with E-state index in [1.54, 1.807) is 54.1 Å². The first-order valence-electron chi connectivity index (χ1n) is 14.6. The second-order valence-corrected chi connectivity index (χ2v) is 9.24. The Balaban J connectivity index is 0. The SMILES string of the molecule is C=C(C)\C(=C/C=C(C)/C(N)=C(\CCc1nccn(CCC)c1=O)N(C)N)N1CCCC(F)(F)C1.C=CC#N.CC.CC. The quantitative estimate of drug-likeness (QED) is 0.139. The highest BCUT2D eigenvalue weighted by Gasteiger charge is 2.35. The summed E-state index contributed by atoms with van der Waals surface area (Å²) in [5.74, 6) is 3.34. The van der Waals surface area contributed by atoms with Crippen molar-refractivity contribution in [3.63, 3.8) is 0 Å². The molecule has 0 saturated carbocycles. The molecule has 0 aromatic carbocycles. The van der Waals surface area contributed by atoms with Gasteiger partial charge in [0.1, 0.15) is 5.69 Å². The first-order chi connectivity index (χ1) is 19.9. The normalized spacial score (nSPS) is 14.8. The van der Waals surface area contributed by atoms with Crippen molar-refractivity contribution in [2.75, 3.05) is 20.1 Å². The van der Waals surface area contributed by atoms with Crippen molar-refractivity contribution in [2.24, 2.45) is 11.6 Å². The second kappa shape index (κ2) is 22.0. The molecule has 0 aliphatic carbocycles. The molecule has 1 aliphatic heterocycles. The van der Waals surface area contributed by atoms with Crippen LogP contribution in [0.3, 0.4) is 0 Å². The summed E-state index contributed by atoms with van der Waals surface area (Å²) >= 11 is 0. The first-order valence-corrected chi connectivity index (χ1v) is 14.6. The van der Waals surface area contributed by atoms with Gasteiger partial charge in [-0.15, -0.1) is 0 Å². The van der Waals surface area contributed by atoms with E-state index in [0.717, 1.165) is 12.0 Å². The molecule has 0 radical (unpaired) electrons. The largest absolute Gasteiger partial charge is 0.397 e. The molecule has 0 amide bonds. The van der Waals surface area contributed by atoms with E-state index in [1.807, 2.05) is 41.5 Å². The van der Waals surface area contributed by atoms with E-state index in [2.05, 4.69) is 18.1 Å². The maximum atomic E-state index is 13.9. The van der Waals surface area contributed by atoms with Gasteiger partial charge in [0.15, 0.2) is 0 Å². The smallest absolute Gasteiger partial charge is 0.272 e. The number of hydrogen-bond acceptors (Lipinski definition) is 7. The summed E-state index contributed by atoms with van der Waals surface area (Å²) in [6.45, 7) is 21.6. The van der Waals surface area contributed by atoms with E-state index in [-0.39, 0.29) is 18.5 Å². The number of nitrogens with zero attached hydrogens (tertiary/aromatic N) is 5. The van der Waals surface area contributed by atoms with Crippen LogP contribution in [0.15, 0.2) is 76.8 Å². The first kappa shape index (κ1) is 40.4. The van der Waals surface area contributed by atoms with Crippen molar-refractivity contribution in [2.45, 2.75) is 93.0 Å². The fourth-order valence-corrected chi connectivity index (χ4v) is 4.03. The van der Waals surface area contributed by atoms with Crippen molar-refractivity contribution in [1.29, 1.82) is 5.26 Å². The molecule has 0 unspecified atom stereocenters. The monoisotopic (exact) mass is 589 g/mol. The lowest BCUT2D eigenvalue weighted by Gasteiger charge is -2.35. The molecule has 1 fully saturated rings. The Bertz CT molecular complexity index is 1160.